The van der Waals surface area contributed by atoms with Crippen LogP contribution in [0.1, 0.15) is 57.8 Å². The van der Waals surface area contributed by atoms with Crippen LogP contribution in [0.2, 0.25) is 0 Å². The number of hydrogen-bond donors (Lipinski definition) is 2. The molecule has 4 nitrogen and oxygen atoms in total. The molecule has 0 saturated heterocycles. The monoisotopic (exact) mass is 268 g/mol. The Hall–Kier alpha value is -0.610. The number of aliphatic hydroxyl groups is 1. The summed E-state index contributed by atoms with van der Waals surface area (Å²) in [5, 5.41) is 9.27. The van der Waals surface area contributed by atoms with E-state index in [-0.39, 0.29) is 12.5 Å². The van der Waals surface area contributed by atoms with E-state index in [0.717, 1.165) is 38.5 Å². The van der Waals surface area contributed by atoms with Gasteiger partial charge in [0, 0.05) is 24.5 Å². The van der Waals surface area contributed by atoms with Gasteiger partial charge in [0.1, 0.15) is 0 Å². The fourth-order valence-electron chi connectivity index (χ4n) is 3.53. The maximum Gasteiger partial charge on any atom is 0.225 e. The van der Waals surface area contributed by atoms with Crippen molar-refractivity contribution in [3.8, 4) is 0 Å². The van der Waals surface area contributed by atoms with Gasteiger partial charge in [0.2, 0.25) is 5.91 Å². The third kappa shape index (κ3) is 3.48. The van der Waals surface area contributed by atoms with Gasteiger partial charge >= 0.3 is 0 Å². The van der Waals surface area contributed by atoms with E-state index in [9.17, 15) is 9.90 Å². The largest absolute Gasteiger partial charge is 0.394 e. The lowest BCUT2D eigenvalue weighted by Gasteiger charge is -2.38. The molecule has 0 unspecified atom stereocenters. The van der Waals surface area contributed by atoms with Crippen LogP contribution in [0.5, 0.6) is 0 Å². The Morgan fingerprint density at radius 1 is 1.21 bits per heavy atom. The molecule has 3 N–H and O–H groups in total. The fraction of sp³-hybridized carbons (Fsp3) is 0.933. The summed E-state index contributed by atoms with van der Waals surface area (Å²) in [6.45, 7) is 0.0341. The molecular weight excluding hydrogens is 240 g/mol. The van der Waals surface area contributed by atoms with Gasteiger partial charge in [-0.15, -0.1) is 0 Å². The average molecular weight is 268 g/mol. The van der Waals surface area contributed by atoms with Crippen molar-refractivity contribution in [3.63, 3.8) is 0 Å². The highest BCUT2D eigenvalue weighted by molar-refractivity contribution is 5.79. The van der Waals surface area contributed by atoms with Gasteiger partial charge in [-0.25, -0.2) is 0 Å². The number of carbonyl (C=O) groups excluding carboxylic acids is 1. The van der Waals surface area contributed by atoms with Crippen LogP contribution in [0.4, 0.5) is 0 Å². The zero-order valence-corrected chi connectivity index (χ0v) is 12.1. The highest BCUT2D eigenvalue weighted by Gasteiger charge is 2.36. The summed E-state index contributed by atoms with van der Waals surface area (Å²) >= 11 is 0. The molecule has 0 atom stereocenters. The third-order valence-electron chi connectivity index (χ3n) is 5.12. The molecule has 0 heterocycles. The summed E-state index contributed by atoms with van der Waals surface area (Å²) in [4.78, 5) is 14.5. The predicted octanol–water partition coefficient (Wildman–Crippen LogP) is 1.66. The molecule has 2 fully saturated rings. The maximum absolute atomic E-state index is 12.5. The summed E-state index contributed by atoms with van der Waals surface area (Å²) in [6, 6.07) is 0.448. The second-order valence-electron chi connectivity index (χ2n) is 6.54. The molecule has 2 rings (SSSR count). The molecule has 4 heteroatoms. The van der Waals surface area contributed by atoms with Gasteiger partial charge in [0.05, 0.1) is 6.61 Å². The van der Waals surface area contributed by atoms with Crippen molar-refractivity contribution in [2.75, 3.05) is 13.7 Å². The standard InChI is InChI=1S/C15H28N2O2/c1-17(13-5-3-2-4-6-13)14(19)12-7-9-15(16,11-18)10-8-12/h12-13,18H,2-11,16H2,1H3. The highest BCUT2D eigenvalue weighted by Crippen LogP contribution is 2.32. The van der Waals surface area contributed by atoms with E-state index in [1.807, 2.05) is 11.9 Å². The summed E-state index contributed by atoms with van der Waals surface area (Å²) < 4.78 is 0. The van der Waals surface area contributed by atoms with Gasteiger partial charge in [0.15, 0.2) is 0 Å². The molecule has 1 amide bonds. The van der Waals surface area contributed by atoms with Crippen molar-refractivity contribution in [1.29, 1.82) is 0 Å². The van der Waals surface area contributed by atoms with Crippen LogP contribution < -0.4 is 5.73 Å². The van der Waals surface area contributed by atoms with E-state index >= 15 is 0 Å². The molecule has 0 aromatic heterocycles. The van der Waals surface area contributed by atoms with E-state index in [1.165, 1.54) is 19.3 Å². The normalized spacial score (nSPS) is 33.1. The molecule has 2 saturated carbocycles. The van der Waals surface area contributed by atoms with Crippen molar-refractivity contribution < 1.29 is 9.90 Å². The highest BCUT2D eigenvalue weighted by atomic mass is 16.3. The molecule has 0 spiro atoms. The molecule has 0 bridgehead atoms. The summed E-state index contributed by atoms with van der Waals surface area (Å²) in [6.07, 6.45) is 9.32. The Labute approximate surface area is 116 Å². The first-order chi connectivity index (χ1) is 9.06. The van der Waals surface area contributed by atoms with Crippen LogP contribution in [-0.4, -0.2) is 41.1 Å². The lowest BCUT2D eigenvalue weighted by Crippen LogP contribution is -2.49. The van der Waals surface area contributed by atoms with Crippen molar-refractivity contribution in [3.05, 3.63) is 0 Å². The minimum absolute atomic E-state index is 0.0341. The van der Waals surface area contributed by atoms with Crippen molar-refractivity contribution in [1.82, 2.24) is 4.90 Å². The van der Waals surface area contributed by atoms with Crippen LogP contribution in [0.25, 0.3) is 0 Å². The number of nitrogens with zero attached hydrogens (tertiary/aromatic N) is 1. The lowest BCUT2D eigenvalue weighted by atomic mass is 9.77. The van der Waals surface area contributed by atoms with Crippen LogP contribution in [0.15, 0.2) is 0 Å². The van der Waals surface area contributed by atoms with Crippen LogP contribution in [0, 0.1) is 5.92 Å². The number of carbonyl (C=O) groups is 1. The van der Waals surface area contributed by atoms with Gasteiger partial charge in [-0.1, -0.05) is 19.3 Å². The maximum atomic E-state index is 12.5. The molecule has 0 aromatic rings. The van der Waals surface area contributed by atoms with Gasteiger partial charge < -0.3 is 15.7 Å². The Morgan fingerprint density at radius 3 is 2.32 bits per heavy atom. The van der Waals surface area contributed by atoms with Crippen LogP contribution in [0.3, 0.4) is 0 Å². The summed E-state index contributed by atoms with van der Waals surface area (Å²) in [7, 11) is 1.97. The van der Waals surface area contributed by atoms with E-state index in [2.05, 4.69) is 0 Å². The van der Waals surface area contributed by atoms with E-state index < -0.39 is 5.54 Å². The minimum Gasteiger partial charge on any atom is -0.394 e. The Bertz CT molecular complexity index is 305. The second-order valence-corrected chi connectivity index (χ2v) is 6.54. The third-order valence-corrected chi connectivity index (χ3v) is 5.12. The van der Waals surface area contributed by atoms with Crippen LogP contribution >= 0.6 is 0 Å². The molecular formula is C15H28N2O2. The molecule has 2 aliphatic rings. The first-order valence-electron chi connectivity index (χ1n) is 7.72. The number of rotatable bonds is 3. The molecule has 2 aliphatic carbocycles. The number of aliphatic hydroxyl groups excluding tert-OH is 1. The van der Waals surface area contributed by atoms with Crippen molar-refractivity contribution in [2.45, 2.75) is 69.4 Å². The first kappa shape index (κ1) is 14.8. The van der Waals surface area contributed by atoms with Gasteiger partial charge in [-0.05, 0) is 38.5 Å². The van der Waals surface area contributed by atoms with Crippen molar-refractivity contribution in [2.24, 2.45) is 11.7 Å². The lowest BCUT2D eigenvalue weighted by molar-refractivity contribution is -0.138. The Morgan fingerprint density at radius 2 is 1.79 bits per heavy atom. The molecule has 19 heavy (non-hydrogen) atoms. The first-order valence-corrected chi connectivity index (χ1v) is 7.72. The molecule has 0 aliphatic heterocycles. The number of nitrogens with two attached hydrogens (primary N) is 1. The number of hydrogen-bond acceptors (Lipinski definition) is 3. The van der Waals surface area contributed by atoms with E-state index in [4.69, 9.17) is 5.73 Å². The van der Waals surface area contributed by atoms with Gasteiger partial charge in [0.25, 0.3) is 0 Å². The van der Waals surface area contributed by atoms with E-state index in [1.54, 1.807) is 0 Å². The number of amides is 1. The zero-order valence-electron chi connectivity index (χ0n) is 12.1. The fourth-order valence-corrected chi connectivity index (χ4v) is 3.53. The van der Waals surface area contributed by atoms with E-state index in [0.29, 0.717) is 11.9 Å². The van der Waals surface area contributed by atoms with Crippen LogP contribution in [-0.2, 0) is 4.79 Å². The van der Waals surface area contributed by atoms with Gasteiger partial charge in [-0.3, -0.25) is 4.79 Å². The Kier molecular flexibility index (Phi) is 4.85. The van der Waals surface area contributed by atoms with Crippen molar-refractivity contribution >= 4 is 5.91 Å². The SMILES string of the molecule is CN(C(=O)C1CCC(N)(CO)CC1)C1CCCCC1. The minimum atomic E-state index is -0.444. The molecule has 0 aromatic carbocycles. The topological polar surface area (TPSA) is 66.6 Å². The molecule has 0 radical (unpaired) electrons. The average Bonchev–Trinajstić information content (AvgIpc) is 2.47. The predicted molar refractivity (Wildman–Crippen MR) is 75.6 cm³/mol. The molecule has 110 valence electrons. The summed E-state index contributed by atoms with van der Waals surface area (Å²) in [5.74, 6) is 0.419. The summed E-state index contributed by atoms with van der Waals surface area (Å²) in [5.41, 5.74) is 5.62. The Balaban J connectivity index is 1.86. The van der Waals surface area contributed by atoms with Gasteiger partial charge in [-0.2, -0.15) is 0 Å². The zero-order chi connectivity index (χ0) is 13.9. The second kappa shape index (κ2) is 6.23. The quantitative estimate of drug-likeness (QED) is 0.818. The smallest absolute Gasteiger partial charge is 0.225 e.